The molecule has 6 nitrogen and oxygen atoms in total. The maximum Gasteiger partial charge on any atom is 0.364 e. The van der Waals surface area contributed by atoms with Crippen LogP contribution in [-0.4, -0.2) is 24.0 Å². The van der Waals surface area contributed by atoms with E-state index in [1.165, 1.54) is 0 Å². The molecular formula is C37H26O6. The Bertz CT molecular complexity index is 1770. The van der Waals surface area contributed by atoms with Crippen LogP contribution in [0.2, 0.25) is 0 Å². The molecule has 0 fully saturated rings. The Balaban J connectivity index is 1.37. The fourth-order valence-electron chi connectivity index (χ4n) is 6.41. The van der Waals surface area contributed by atoms with E-state index in [1.807, 2.05) is 115 Å². The van der Waals surface area contributed by atoms with Crippen LogP contribution < -0.4 is 0 Å². The van der Waals surface area contributed by atoms with Gasteiger partial charge in [0.1, 0.15) is 6.61 Å². The molecule has 6 heteroatoms. The summed E-state index contributed by atoms with van der Waals surface area (Å²) in [6.45, 7) is 0.00710. The van der Waals surface area contributed by atoms with Crippen molar-refractivity contribution in [2.24, 2.45) is 0 Å². The lowest BCUT2D eigenvalue weighted by Gasteiger charge is -2.34. The van der Waals surface area contributed by atoms with Crippen LogP contribution in [-0.2, 0) is 35.2 Å². The Morgan fingerprint density at radius 1 is 0.581 bits per heavy atom. The standard InChI is InChI=1S/C37H26O6/c38-23-42-37(35(39)41-22-24-12-2-1-3-13-24,33-29-18-8-4-14-25(29)26-15-5-9-19-30(26)33)36(40)43-34-31-20-10-6-16-27(31)28-17-7-11-21-32(28)34/h1-21,23,33-34H,22H2. The highest BCUT2D eigenvalue weighted by atomic mass is 16.6. The Labute approximate surface area is 248 Å². The molecule has 0 amide bonds. The van der Waals surface area contributed by atoms with Gasteiger partial charge in [0.05, 0.1) is 5.92 Å². The summed E-state index contributed by atoms with van der Waals surface area (Å²) in [5, 5.41) is 0. The zero-order valence-corrected chi connectivity index (χ0v) is 23.0. The van der Waals surface area contributed by atoms with Crippen molar-refractivity contribution in [1.82, 2.24) is 0 Å². The minimum absolute atomic E-state index is 0.123. The maximum atomic E-state index is 14.7. The first kappa shape index (κ1) is 26.4. The second-order valence-electron chi connectivity index (χ2n) is 10.6. The first-order valence-corrected chi connectivity index (χ1v) is 14.0. The first-order chi connectivity index (χ1) is 21.1. The number of rotatable bonds is 8. The van der Waals surface area contributed by atoms with Gasteiger partial charge in [0.2, 0.25) is 0 Å². The van der Waals surface area contributed by atoms with Gasteiger partial charge in [-0.1, -0.05) is 127 Å². The molecule has 1 atom stereocenters. The number of ether oxygens (including phenoxy) is 3. The molecule has 2 aliphatic carbocycles. The first-order valence-electron chi connectivity index (χ1n) is 14.0. The minimum atomic E-state index is -2.47. The summed E-state index contributed by atoms with van der Waals surface area (Å²) in [5.41, 5.74) is 4.66. The predicted molar refractivity (Wildman–Crippen MR) is 160 cm³/mol. The smallest absolute Gasteiger partial charge is 0.364 e. The molecule has 0 saturated heterocycles. The second-order valence-corrected chi connectivity index (χ2v) is 10.6. The summed E-state index contributed by atoms with van der Waals surface area (Å²) >= 11 is 0. The summed E-state index contributed by atoms with van der Waals surface area (Å²) in [6.07, 6.45) is -0.816. The van der Waals surface area contributed by atoms with Crippen molar-refractivity contribution < 1.29 is 28.6 Å². The van der Waals surface area contributed by atoms with Gasteiger partial charge in [-0.25, -0.2) is 9.59 Å². The summed E-state index contributed by atoms with van der Waals surface area (Å²) in [7, 11) is 0. The van der Waals surface area contributed by atoms with Crippen LogP contribution in [0.5, 0.6) is 0 Å². The van der Waals surface area contributed by atoms with E-state index in [2.05, 4.69) is 0 Å². The van der Waals surface area contributed by atoms with Gasteiger partial charge >= 0.3 is 17.5 Å². The molecule has 0 saturated carbocycles. The summed E-state index contributed by atoms with van der Waals surface area (Å²) in [4.78, 5) is 41.3. The van der Waals surface area contributed by atoms with Crippen molar-refractivity contribution in [2.75, 3.05) is 0 Å². The van der Waals surface area contributed by atoms with Crippen LogP contribution in [0, 0.1) is 0 Å². The quantitative estimate of drug-likeness (QED) is 0.0893. The van der Waals surface area contributed by atoms with E-state index in [-0.39, 0.29) is 13.1 Å². The van der Waals surface area contributed by atoms with Crippen molar-refractivity contribution in [3.8, 4) is 22.3 Å². The van der Waals surface area contributed by atoms with E-state index in [0.29, 0.717) is 11.1 Å². The molecule has 0 heterocycles. The van der Waals surface area contributed by atoms with E-state index in [9.17, 15) is 14.4 Å². The summed E-state index contributed by atoms with van der Waals surface area (Å²) in [5.74, 6) is -3.03. The van der Waals surface area contributed by atoms with Gasteiger partial charge in [-0.15, -0.1) is 0 Å². The average Bonchev–Trinajstić information content (AvgIpc) is 3.56. The molecule has 0 spiro atoms. The third-order valence-electron chi connectivity index (χ3n) is 8.30. The fourth-order valence-corrected chi connectivity index (χ4v) is 6.41. The highest BCUT2D eigenvalue weighted by molar-refractivity contribution is 6.08. The molecule has 2 aliphatic rings. The molecule has 7 rings (SSSR count). The number of hydrogen-bond acceptors (Lipinski definition) is 6. The van der Waals surface area contributed by atoms with Gasteiger partial charge < -0.3 is 14.2 Å². The lowest BCUT2D eigenvalue weighted by Crippen LogP contribution is -2.55. The Kier molecular flexibility index (Phi) is 6.59. The van der Waals surface area contributed by atoms with Crippen molar-refractivity contribution in [1.29, 1.82) is 0 Å². The Morgan fingerprint density at radius 2 is 1.02 bits per heavy atom. The normalized spacial score (nSPS) is 14.4. The van der Waals surface area contributed by atoms with Crippen molar-refractivity contribution in [2.45, 2.75) is 24.2 Å². The van der Waals surface area contributed by atoms with Crippen LogP contribution in [0.3, 0.4) is 0 Å². The SMILES string of the molecule is O=COC(C(=O)OCc1ccccc1)(C(=O)OC1c2ccccc2-c2ccccc21)C1c2ccccc2-c2ccccc21. The van der Waals surface area contributed by atoms with Crippen molar-refractivity contribution in [3.63, 3.8) is 0 Å². The van der Waals surface area contributed by atoms with Crippen LogP contribution in [0.25, 0.3) is 22.3 Å². The molecule has 5 aromatic rings. The van der Waals surface area contributed by atoms with Gasteiger partial charge in [-0.2, -0.15) is 0 Å². The monoisotopic (exact) mass is 566 g/mol. The van der Waals surface area contributed by atoms with Gasteiger partial charge in [0.15, 0.2) is 6.10 Å². The van der Waals surface area contributed by atoms with E-state index < -0.39 is 29.6 Å². The van der Waals surface area contributed by atoms with Crippen LogP contribution in [0.15, 0.2) is 127 Å². The molecule has 1 unspecified atom stereocenters. The highest BCUT2D eigenvalue weighted by Crippen LogP contribution is 2.53. The Morgan fingerprint density at radius 3 is 1.53 bits per heavy atom. The van der Waals surface area contributed by atoms with Crippen molar-refractivity contribution in [3.05, 3.63) is 155 Å². The highest BCUT2D eigenvalue weighted by Gasteiger charge is 2.62. The number of carbonyl (C=O) groups excluding carboxylic acids is 3. The van der Waals surface area contributed by atoms with Gasteiger partial charge in [-0.05, 0) is 38.9 Å². The Hall–Kier alpha value is -5.49. The molecule has 5 aromatic carbocycles. The molecular weight excluding hydrogens is 540 g/mol. The van der Waals surface area contributed by atoms with E-state index >= 15 is 0 Å². The van der Waals surface area contributed by atoms with Gasteiger partial charge in [0, 0.05) is 11.1 Å². The minimum Gasteiger partial charge on any atom is -0.457 e. The molecule has 0 bridgehead atoms. The fraction of sp³-hybridized carbons (Fsp3) is 0.108. The lowest BCUT2D eigenvalue weighted by atomic mass is 9.79. The van der Waals surface area contributed by atoms with E-state index in [0.717, 1.165) is 38.9 Å². The number of fused-ring (bicyclic) bond motifs is 6. The second kappa shape index (κ2) is 10.7. The topological polar surface area (TPSA) is 78.9 Å². The zero-order chi connectivity index (χ0) is 29.4. The number of esters is 2. The molecule has 43 heavy (non-hydrogen) atoms. The van der Waals surface area contributed by atoms with Crippen LogP contribution in [0.4, 0.5) is 0 Å². The molecule has 0 radical (unpaired) electrons. The van der Waals surface area contributed by atoms with Gasteiger partial charge in [0.25, 0.3) is 6.47 Å². The van der Waals surface area contributed by atoms with Crippen LogP contribution >= 0.6 is 0 Å². The van der Waals surface area contributed by atoms with Crippen LogP contribution in [0.1, 0.15) is 39.8 Å². The summed E-state index contributed by atoms with van der Waals surface area (Å²) in [6, 6.07) is 39.4. The maximum absolute atomic E-state index is 14.7. The van der Waals surface area contributed by atoms with Crippen molar-refractivity contribution >= 4 is 18.4 Å². The third-order valence-corrected chi connectivity index (χ3v) is 8.30. The van der Waals surface area contributed by atoms with E-state index in [4.69, 9.17) is 14.2 Å². The molecule has 210 valence electrons. The summed E-state index contributed by atoms with van der Waals surface area (Å²) < 4.78 is 17.8. The molecule has 0 N–H and O–H groups in total. The lowest BCUT2D eigenvalue weighted by molar-refractivity contribution is -0.196. The average molecular weight is 567 g/mol. The zero-order valence-electron chi connectivity index (χ0n) is 23.0. The van der Waals surface area contributed by atoms with Gasteiger partial charge in [-0.3, -0.25) is 4.79 Å². The van der Waals surface area contributed by atoms with E-state index in [1.54, 1.807) is 12.1 Å². The predicted octanol–water partition coefficient (Wildman–Crippen LogP) is 6.77. The largest absolute Gasteiger partial charge is 0.457 e. The molecule has 0 aromatic heterocycles. The third kappa shape index (κ3) is 4.22. The number of hydrogen-bond donors (Lipinski definition) is 0. The molecule has 0 aliphatic heterocycles. The number of benzene rings is 5. The number of carbonyl (C=O) groups is 3.